The van der Waals surface area contributed by atoms with Crippen LogP contribution in [0.5, 0.6) is 0 Å². The van der Waals surface area contributed by atoms with Gasteiger partial charge in [-0.05, 0) is 44.0 Å². The molecule has 0 radical (unpaired) electrons. The van der Waals surface area contributed by atoms with E-state index in [4.69, 9.17) is 11.6 Å². The zero-order valence-electron chi connectivity index (χ0n) is 11.1. The summed E-state index contributed by atoms with van der Waals surface area (Å²) in [6.45, 7) is 0. The van der Waals surface area contributed by atoms with Gasteiger partial charge >= 0.3 is 0 Å². The van der Waals surface area contributed by atoms with E-state index in [1.165, 1.54) is 18.4 Å². The van der Waals surface area contributed by atoms with Crippen LogP contribution in [0.15, 0.2) is 18.2 Å². The van der Waals surface area contributed by atoms with Crippen molar-refractivity contribution in [3.63, 3.8) is 0 Å². The third kappa shape index (κ3) is 6.36. The van der Waals surface area contributed by atoms with Crippen LogP contribution in [0.3, 0.4) is 0 Å². The molecular formula is C13H19ClFNO2S. The number of halogens is 2. The molecule has 0 saturated carbocycles. The SMILES string of the molecule is CNC(CCCS(C)(=O)=O)Cc1ccc(F)cc1Cl. The van der Waals surface area contributed by atoms with Gasteiger partial charge in [0, 0.05) is 23.1 Å². The number of sulfone groups is 1. The second-order valence-corrected chi connectivity index (χ2v) is 7.36. The summed E-state index contributed by atoms with van der Waals surface area (Å²) in [7, 11) is -1.10. The van der Waals surface area contributed by atoms with Crippen LogP contribution in [0, 0.1) is 5.82 Å². The zero-order valence-corrected chi connectivity index (χ0v) is 12.7. The molecule has 108 valence electrons. The number of rotatable bonds is 7. The van der Waals surface area contributed by atoms with Gasteiger partial charge in [0.05, 0.1) is 0 Å². The minimum absolute atomic E-state index is 0.129. The largest absolute Gasteiger partial charge is 0.317 e. The van der Waals surface area contributed by atoms with Crippen LogP contribution < -0.4 is 5.32 Å². The first-order valence-corrected chi connectivity index (χ1v) is 8.54. The fourth-order valence-corrected chi connectivity index (χ4v) is 2.83. The number of hydrogen-bond donors (Lipinski definition) is 1. The van der Waals surface area contributed by atoms with Crippen molar-refractivity contribution < 1.29 is 12.8 Å². The molecule has 1 aromatic rings. The summed E-state index contributed by atoms with van der Waals surface area (Å²) in [5.74, 6) is -0.172. The topological polar surface area (TPSA) is 46.2 Å². The summed E-state index contributed by atoms with van der Waals surface area (Å²) in [4.78, 5) is 0. The van der Waals surface area contributed by atoms with Crippen LogP contribution in [0.1, 0.15) is 18.4 Å². The van der Waals surface area contributed by atoms with Gasteiger partial charge in [-0.1, -0.05) is 17.7 Å². The van der Waals surface area contributed by atoms with E-state index >= 15 is 0 Å². The van der Waals surface area contributed by atoms with Crippen LogP contribution >= 0.6 is 11.6 Å². The molecule has 0 heterocycles. The molecule has 0 fully saturated rings. The van der Waals surface area contributed by atoms with E-state index in [9.17, 15) is 12.8 Å². The molecule has 6 heteroatoms. The van der Waals surface area contributed by atoms with Gasteiger partial charge in [-0.2, -0.15) is 0 Å². The van der Waals surface area contributed by atoms with E-state index in [0.29, 0.717) is 17.9 Å². The molecule has 0 aliphatic heterocycles. The van der Waals surface area contributed by atoms with Gasteiger partial charge in [-0.15, -0.1) is 0 Å². The zero-order chi connectivity index (χ0) is 14.5. The van der Waals surface area contributed by atoms with Crippen LogP contribution in [-0.4, -0.2) is 33.5 Å². The average molecular weight is 308 g/mol. The van der Waals surface area contributed by atoms with Crippen molar-refractivity contribution >= 4 is 21.4 Å². The van der Waals surface area contributed by atoms with Gasteiger partial charge < -0.3 is 5.32 Å². The maximum absolute atomic E-state index is 12.9. The molecule has 19 heavy (non-hydrogen) atoms. The normalized spacial score (nSPS) is 13.5. The van der Waals surface area contributed by atoms with E-state index in [2.05, 4.69) is 5.32 Å². The minimum atomic E-state index is -2.92. The lowest BCUT2D eigenvalue weighted by atomic mass is 10.0. The highest BCUT2D eigenvalue weighted by Crippen LogP contribution is 2.19. The molecule has 0 amide bonds. The molecule has 0 aliphatic rings. The summed E-state index contributed by atoms with van der Waals surface area (Å²) in [5.41, 5.74) is 0.863. The molecule has 1 rings (SSSR count). The van der Waals surface area contributed by atoms with Gasteiger partial charge in [-0.3, -0.25) is 0 Å². The Morgan fingerprint density at radius 1 is 1.42 bits per heavy atom. The summed E-state index contributed by atoms with van der Waals surface area (Å²) in [5, 5.41) is 3.54. The van der Waals surface area contributed by atoms with Gasteiger partial charge in [0.25, 0.3) is 0 Å². The molecule has 0 aromatic heterocycles. The Hall–Kier alpha value is -0.650. The Morgan fingerprint density at radius 2 is 2.11 bits per heavy atom. The van der Waals surface area contributed by atoms with Gasteiger partial charge in [0.1, 0.15) is 15.7 Å². The maximum atomic E-state index is 12.9. The van der Waals surface area contributed by atoms with Crippen molar-refractivity contribution in [3.05, 3.63) is 34.6 Å². The second-order valence-electron chi connectivity index (χ2n) is 4.70. The van der Waals surface area contributed by atoms with Crippen molar-refractivity contribution in [3.8, 4) is 0 Å². The molecule has 0 spiro atoms. The van der Waals surface area contributed by atoms with E-state index in [1.54, 1.807) is 6.07 Å². The number of benzene rings is 1. The number of hydrogen-bond acceptors (Lipinski definition) is 3. The van der Waals surface area contributed by atoms with Crippen LogP contribution in [-0.2, 0) is 16.3 Å². The molecule has 0 saturated heterocycles. The Morgan fingerprint density at radius 3 is 2.63 bits per heavy atom. The molecule has 1 unspecified atom stereocenters. The highest BCUT2D eigenvalue weighted by atomic mass is 35.5. The van der Waals surface area contributed by atoms with Crippen LogP contribution in [0.4, 0.5) is 4.39 Å². The first-order chi connectivity index (χ1) is 8.81. The van der Waals surface area contributed by atoms with Crippen LogP contribution in [0.25, 0.3) is 0 Å². The predicted molar refractivity (Wildman–Crippen MR) is 76.9 cm³/mol. The first kappa shape index (κ1) is 16.4. The monoisotopic (exact) mass is 307 g/mol. The predicted octanol–water partition coefficient (Wildman–Crippen LogP) is 2.43. The lowest BCUT2D eigenvalue weighted by Crippen LogP contribution is -2.28. The van der Waals surface area contributed by atoms with Crippen LogP contribution in [0.2, 0.25) is 5.02 Å². The number of nitrogens with one attached hydrogen (secondary N) is 1. The molecular weight excluding hydrogens is 289 g/mol. The third-order valence-electron chi connectivity index (χ3n) is 2.96. The molecule has 0 bridgehead atoms. The van der Waals surface area contributed by atoms with Gasteiger partial charge in [-0.25, -0.2) is 12.8 Å². The Bertz CT molecular complexity index is 519. The summed E-state index contributed by atoms with van der Waals surface area (Å²) >= 11 is 5.97. The maximum Gasteiger partial charge on any atom is 0.147 e. The Balaban J connectivity index is 2.56. The smallest absolute Gasteiger partial charge is 0.147 e. The minimum Gasteiger partial charge on any atom is -0.317 e. The van der Waals surface area contributed by atoms with Gasteiger partial charge in [0.2, 0.25) is 0 Å². The molecule has 1 aromatic carbocycles. The fourth-order valence-electron chi connectivity index (χ4n) is 1.89. The highest BCUT2D eigenvalue weighted by molar-refractivity contribution is 7.90. The molecule has 1 atom stereocenters. The molecule has 3 nitrogen and oxygen atoms in total. The standard InChI is InChI=1S/C13H19ClFNO2S/c1-16-12(4-3-7-19(2,17)18)8-10-5-6-11(15)9-13(10)14/h5-6,9,12,16H,3-4,7-8H2,1-2H3. The van der Waals surface area contributed by atoms with Crippen molar-refractivity contribution in [2.24, 2.45) is 0 Å². The Kier molecular flexibility index (Phi) is 6.23. The Labute approximate surface area is 119 Å². The summed E-state index contributed by atoms with van der Waals surface area (Å²) in [6.07, 6.45) is 3.22. The quantitative estimate of drug-likeness (QED) is 0.841. The summed E-state index contributed by atoms with van der Waals surface area (Å²) in [6, 6.07) is 4.47. The van der Waals surface area contributed by atoms with Gasteiger partial charge in [0.15, 0.2) is 0 Å². The van der Waals surface area contributed by atoms with E-state index in [1.807, 2.05) is 7.05 Å². The summed E-state index contributed by atoms with van der Waals surface area (Å²) < 4.78 is 35.1. The van der Waals surface area contributed by atoms with E-state index in [-0.39, 0.29) is 17.6 Å². The van der Waals surface area contributed by atoms with Crippen molar-refractivity contribution in [2.75, 3.05) is 19.1 Å². The number of likely N-dealkylation sites (N-methyl/N-ethyl adjacent to an activating group) is 1. The average Bonchev–Trinajstić information content (AvgIpc) is 2.29. The highest BCUT2D eigenvalue weighted by Gasteiger charge is 2.12. The van der Waals surface area contributed by atoms with Crippen molar-refractivity contribution in [1.29, 1.82) is 0 Å². The van der Waals surface area contributed by atoms with Crippen molar-refractivity contribution in [1.82, 2.24) is 5.32 Å². The second kappa shape index (κ2) is 7.22. The fraction of sp³-hybridized carbons (Fsp3) is 0.538. The molecule has 1 N–H and O–H groups in total. The van der Waals surface area contributed by atoms with Crippen molar-refractivity contribution in [2.45, 2.75) is 25.3 Å². The first-order valence-electron chi connectivity index (χ1n) is 6.10. The molecule has 0 aliphatic carbocycles. The van der Waals surface area contributed by atoms with E-state index < -0.39 is 9.84 Å². The third-order valence-corrected chi connectivity index (χ3v) is 4.34. The lowest BCUT2D eigenvalue weighted by Gasteiger charge is -2.16. The lowest BCUT2D eigenvalue weighted by molar-refractivity contribution is 0.510. The van der Waals surface area contributed by atoms with E-state index in [0.717, 1.165) is 12.0 Å².